The van der Waals surface area contributed by atoms with Crippen molar-refractivity contribution >= 4 is 34.4 Å². The molecule has 0 saturated heterocycles. The third kappa shape index (κ3) is 7.96. The molecule has 8 nitrogen and oxygen atoms in total. The van der Waals surface area contributed by atoms with E-state index in [1.54, 1.807) is 63.2 Å². The highest BCUT2D eigenvalue weighted by Gasteiger charge is 2.36. The van der Waals surface area contributed by atoms with E-state index in [4.69, 9.17) is 17.6 Å². The van der Waals surface area contributed by atoms with Crippen molar-refractivity contribution in [2.75, 3.05) is 5.32 Å². The lowest BCUT2D eigenvalue weighted by atomic mass is 9.99. The number of amides is 3. The molecule has 2 unspecified atom stereocenters. The van der Waals surface area contributed by atoms with Gasteiger partial charge >= 0.3 is 6.09 Å². The minimum absolute atomic E-state index is 0.00554. The average molecular weight is 588 g/mol. The zero-order valence-electron chi connectivity index (χ0n) is 24.7. The molecule has 0 bridgehead atoms. The standard InChI is InChI=1S/C36H33N3O5/c1-6-24-12-16-27(17-13-24)32(33(41)37-29-19-18-26-10-8-9-11-28(26)23-29)39(7-2)34(42)31(38-35(43)44-36(3,4)5)22-25-14-20-30(40)21-15-25/h1-2,8-21,23,31-32,40H,22H2,3-5H3,(H,37,41)(H,38,43). The number of hydrogen-bond donors (Lipinski definition) is 3. The Hall–Kier alpha value is -5.73. The second kappa shape index (κ2) is 13.5. The van der Waals surface area contributed by atoms with Gasteiger partial charge in [-0.1, -0.05) is 66.9 Å². The number of ether oxygens (including phenoxy) is 1. The van der Waals surface area contributed by atoms with Crippen LogP contribution in [0.5, 0.6) is 5.75 Å². The largest absolute Gasteiger partial charge is 0.508 e. The van der Waals surface area contributed by atoms with Crippen LogP contribution < -0.4 is 10.6 Å². The Morgan fingerprint density at radius 2 is 1.57 bits per heavy atom. The Morgan fingerprint density at radius 1 is 0.909 bits per heavy atom. The zero-order valence-corrected chi connectivity index (χ0v) is 24.7. The van der Waals surface area contributed by atoms with E-state index < -0.39 is 35.6 Å². The molecule has 0 aromatic heterocycles. The molecule has 0 aliphatic heterocycles. The Labute approximate surface area is 257 Å². The van der Waals surface area contributed by atoms with E-state index in [1.165, 1.54) is 12.1 Å². The molecule has 0 radical (unpaired) electrons. The van der Waals surface area contributed by atoms with Crippen LogP contribution in [0.2, 0.25) is 0 Å². The second-order valence-electron chi connectivity index (χ2n) is 11.1. The molecule has 0 spiro atoms. The van der Waals surface area contributed by atoms with E-state index in [0.717, 1.165) is 15.7 Å². The quantitative estimate of drug-likeness (QED) is 0.179. The third-order valence-electron chi connectivity index (χ3n) is 6.66. The number of nitrogens with one attached hydrogen (secondary N) is 2. The van der Waals surface area contributed by atoms with E-state index in [9.17, 15) is 19.5 Å². The lowest BCUT2D eigenvalue weighted by Crippen LogP contribution is -2.51. The normalized spacial score (nSPS) is 12.2. The first-order chi connectivity index (χ1) is 21.0. The average Bonchev–Trinajstić information content (AvgIpc) is 2.99. The molecule has 0 saturated carbocycles. The van der Waals surface area contributed by atoms with Crippen LogP contribution in [0.4, 0.5) is 10.5 Å². The number of fused-ring (bicyclic) bond motifs is 1. The predicted molar refractivity (Wildman–Crippen MR) is 170 cm³/mol. The second-order valence-corrected chi connectivity index (χ2v) is 11.1. The van der Waals surface area contributed by atoms with E-state index in [0.29, 0.717) is 22.4 Å². The van der Waals surface area contributed by atoms with Gasteiger partial charge in [-0.05, 0) is 79.1 Å². The number of carbonyl (C=O) groups excluding carboxylic acids is 3. The summed E-state index contributed by atoms with van der Waals surface area (Å²) in [5, 5.41) is 17.1. The van der Waals surface area contributed by atoms with Crippen LogP contribution in [0, 0.1) is 24.8 Å². The van der Waals surface area contributed by atoms with Crippen molar-refractivity contribution in [1.29, 1.82) is 0 Å². The van der Waals surface area contributed by atoms with Crippen molar-refractivity contribution in [3.05, 3.63) is 108 Å². The lowest BCUT2D eigenvalue weighted by Gasteiger charge is -2.30. The van der Waals surface area contributed by atoms with Crippen LogP contribution in [0.15, 0.2) is 91.0 Å². The molecule has 0 aliphatic rings. The van der Waals surface area contributed by atoms with E-state index in [-0.39, 0.29) is 12.2 Å². The van der Waals surface area contributed by atoms with Gasteiger partial charge in [0.1, 0.15) is 23.4 Å². The fraction of sp³-hybridized carbons (Fsp3) is 0.194. The first kappa shape index (κ1) is 31.2. The molecule has 3 amide bonds. The van der Waals surface area contributed by atoms with E-state index >= 15 is 0 Å². The van der Waals surface area contributed by atoms with Gasteiger partial charge in [-0.25, -0.2) is 4.79 Å². The zero-order chi connectivity index (χ0) is 31.9. The fourth-order valence-electron chi connectivity index (χ4n) is 4.61. The number of nitrogens with zero attached hydrogens (tertiary/aromatic N) is 1. The summed E-state index contributed by atoms with van der Waals surface area (Å²) in [6.07, 6.45) is 10.6. The number of phenols is 1. The van der Waals surface area contributed by atoms with Gasteiger partial charge in [-0.15, -0.1) is 6.42 Å². The van der Waals surface area contributed by atoms with Crippen molar-refractivity contribution in [2.45, 2.75) is 44.9 Å². The molecule has 222 valence electrons. The van der Waals surface area contributed by atoms with Gasteiger partial charge in [0.2, 0.25) is 0 Å². The Kier molecular flexibility index (Phi) is 9.57. The van der Waals surface area contributed by atoms with Crippen molar-refractivity contribution < 1.29 is 24.2 Å². The van der Waals surface area contributed by atoms with Gasteiger partial charge in [0.05, 0.1) is 0 Å². The number of hydrogen-bond acceptors (Lipinski definition) is 5. The number of aromatic hydroxyl groups is 1. The van der Waals surface area contributed by atoms with Crippen LogP contribution in [-0.4, -0.2) is 39.6 Å². The minimum Gasteiger partial charge on any atom is -0.508 e. The molecule has 0 heterocycles. The summed E-state index contributed by atoms with van der Waals surface area (Å²) in [5.74, 6) is 1.29. The van der Waals surface area contributed by atoms with Crippen molar-refractivity contribution in [3.8, 4) is 30.6 Å². The molecule has 8 heteroatoms. The Morgan fingerprint density at radius 3 is 2.18 bits per heavy atom. The number of terminal acetylenes is 2. The molecule has 4 aromatic carbocycles. The maximum Gasteiger partial charge on any atom is 0.408 e. The summed E-state index contributed by atoms with van der Waals surface area (Å²) in [6, 6.07) is 25.8. The number of carbonyl (C=O) groups is 3. The SMILES string of the molecule is C#Cc1ccc(C(C(=O)Nc2ccc3ccccc3c2)N(C#C)C(=O)C(Cc2ccc(O)cc2)NC(=O)OC(C)(C)C)cc1. The molecular weight excluding hydrogens is 554 g/mol. The third-order valence-corrected chi connectivity index (χ3v) is 6.66. The molecule has 4 rings (SSSR count). The van der Waals surface area contributed by atoms with Crippen molar-refractivity contribution in [1.82, 2.24) is 10.2 Å². The predicted octanol–water partition coefficient (Wildman–Crippen LogP) is 5.76. The number of rotatable bonds is 8. The highest BCUT2D eigenvalue weighted by molar-refractivity contribution is 6.01. The summed E-state index contributed by atoms with van der Waals surface area (Å²) in [7, 11) is 0. The molecular formula is C36H33N3O5. The summed E-state index contributed by atoms with van der Waals surface area (Å²) < 4.78 is 5.41. The highest BCUT2D eigenvalue weighted by atomic mass is 16.6. The highest BCUT2D eigenvalue weighted by Crippen LogP contribution is 2.26. The summed E-state index contributed by atoms with van der Waals surface area (Å²) >= 11 is 0. The molecule has 2 atom stereocenters. The van der Waals surface area contributed by atoms with Gasteiger partial charge in [0.25, 0.3) is 11.8 Å². The fourth-order valence-corrected chi connectivity index (χ4v) is 4.61. The van der Waals surface area contributed by atoms with Gasteiger partial charge in [0, 0.05) is 23.7 Å². The molecule has 44 heavy (non-hydrogen) atoms. The van der Waals surface area contributed by atoms with Crippen molar-refractivity contribution in [2.24, 2.45) is 0 Å². The topological polar surface area (TPSA) is 108 Å². The van der Waals surface area contributed by atoms with Crippen LogP contribution in [-0.2, 0) is 20.7 Å². The van der Waals surface area contributed by atoms with E-state index in [1.807, 2.05) is 36.4 Å². The number of anilines is 1. The monoisotopic (exact) mass is 587 g/mol. The lowest BCUT2D eigenvalue weighted by molar-refractivity contribution is -0.136. The van der Waals surface area contributed by atoms with Gasteiger partial charge in [-0.2, -0.15) is 0 Å². The number of benzene rings is 4. The molecule has 0 fully saturated rings. The van der Waals surface area contributed by atoms with Crippen molar-refractivity contribution in [3.63, 3.8) is 0 Å². The summed E-state index contributed by atoms with van der Waals surface area (Å²) in [5.41, 5.74) is 1.30. The smallest absolute Gasteiger partial charge is 0.408 e. The first-order valence-corrected chi connectivity index (χ1v) is 13.9. The number of alkyl carbamates (subject to hydrolysis) is 1. The summed E-state index contributed by atoms with van der Waals surface area (Å²) in [6.45, 7) is 5.10. The van der Waals surface area contributed by atoms with Crippen LogP contribution >= 0.6 is 0 Å². The molecule has 0 aliphatic carbocycles. The maximum absolute atomic E-state index is 14.2. The van der Waals surface area contributed by atoms with Crippen LogP contribution in [0.25, 0.3) is 10.8 Å². The van der Waals surface area contributed by atoms with Crippen LogP contribution in [0.1, 0.15) is 43.5 Å². The minimum atomic E-state index is -1.28. The first-order valence-electron chi connectivity index (χ1n) is 13.9. The summed E-state index contributed by atoms with van der Waals surface area (Å²) in [4.78, 5) is 41.9. The van der Waals surface area contributed by atoms with Gasteiger partial charge in [0.15, 0.2) is 0 Å². The van der Waals surface area contributed by atoms with Crippen LogP contribution in [0.3, 0.4) is 0 Å². The number of phenolic OH excluding ortho intramolecular Hbond substituents is 1. The Bertz CT molecular complexity index is 1740. The van der Waals surface area contributed by atoms with Gasteiger partial charge in [-0.3, -0.25) is 14.5 Å². The maximum atomic E-state index is 14.2. The Balaban J connectivity index is 1.71. The van der Waals surface area contributed by atoms with Gasteiger partial charge < -0.3 is 20.5 Å². The molecule has 3 N–H and O–H groups in total. The molecule has 4 aromatic rings. The van der Waals surface area contributed by atoms with E-state index in [2.05, 4.69) is 22.6 Å².